The van der Waals surface area contributed by atoms with Crippen molar-refractivity contribution >= 4 is 38.6 Å². The minimum absolute atomic E-state index is 0.221. The number of hydrogen-bond donors (Lipinski definition) is 1. The van der Waals surface area contributed by atoms with Crippen LogP contribution in [0.5, 0.6) is 0 Å². The van der Waals surface area contributed by atoms with E-state index in [1.165, 1.54) is 6.07 Å². The molecule has 0 spiro atoms. The molecule has 21 heavy (non-hydrogen) atoms. The van der Waals surface area contributed by atoms with Gasteiger partial charge in [0.25, 0.3) is 0 Å². The van der Waals surface area contributed by atoms with E-state index < -0.39 is 35.1 Å². The summed E-state index contributed by atoms with van der Waals surface area (Å²) in [6.45, 7) is -0.736. The van der Waals surface area contributed by atoms with Gasteiger partial charge in [0.05, 0.1) is 16.9 Å². The summed E-state index contributed by atoms with van der Waals surface area (Å²) in [4.78, 5) is 10.6. The normalized spacial score (nSPS) is 12.7. The Kier molecular flexibility index (Phi) is 5.61. The third kappa shape index (κ3) is 4.81. The molecule has 1 aromatic carbocycles. The molecule has 0 fully saturated rings. The molecule has 0 aromatic heterocycles. The van der Waals surface area contributed by atoms with E-state index in [4.69, 9.17) is 5.11 Å². The molecule has 5 nitrogen and oxygen atoms in total. The highest BCUT2D eigenvalue weighted by Gasteiger charge is 2.30. The number of carbonyl (C=O) groups is 1. The third-order valence-electron chi connectivity index (χ3n) is 2.59. The summed E-state index contributed by atoms with van der Waals surface area (Å²) in [6, 6.07) is 3.38. The standard InChI is InChI=1S/C11H11F3INO4S/c1-16(5-4-11(12,13)14)21(19,20)7-2-3-9(15)8(6-7)10(17)18/h2-3,6H,4-5H2,1H3,(H,17,18). The van der Waals surface area contributed by atoms with Crippen LogP contribution in [0.15, 0.2) is 23.1 Å². The SMILES string of the molecule is CN(CCC(F)(F)F)S(=O)(=O)c1ccc(I)c(C(=O)O)c1. The van der Waals surface area contributed by atoms with Crippen LogP contribution in [0.3, 0.4) is 0 Å². The third-order valence-corrected chi connectivity index (χ3v) is 5.38. The van der Waals surface area contributed by atoms with E-state index in [2.05, 4.69) is 0 Å². The predicted molar refractivity (Wildman–Crippen MR) is 76.6 cm³/mol. The van der Waals surface area contributed by atoms with E-state index in [0.717, 1.165) is 19.2 Å². The van der Waals surface area contributed by atoms with Crippen molar-refractivity contribution in [1.82, 2.24) is 4.31 Å². The van der Waals surface area contributed by atoms with E-state index in [9.17, 15) is 26.4 Å². The number of alkyl halides is 3. The van der Waals surface area contributed by atoms with Crippen LogP contribution in [0.2, 0.25) is 0 Å². The number of hydrogen-bond acceptors (Lipinski definition) is 3. The highest BCUT2D eigenvalue weighted by molar-refractivity contribution is 14.1. The molecule has 1 rings (SSSR count). The Bertz CT molecular complexity index is 645. The van der Waals surface area contributed by atoms with Gasteiger partial charge in [0, 0.05) is 17.2 Å². The second-order valence-electron chi connectivity index (χ2n) is 4.14. The molecule has 118 valence electrons. The van der Waals surface area contributed by atoms with Crippen molar-refractivity contribution in [2.24, 2.45) is 0 Å². The minimum Gasteiger partial charge on any atom is -0.478 e. The Balaban J connectivity index is 3.08. The van der Waals surface area contributed by atoms with Gasteiger partial charge in [-0.25, -0.2) is 17.5 Å². The van der Waals surface area contributed by atoms with Crippen LogP contribution in [0, 0.1) is 3.57 Å². The first-order chi connectivity index (χ1) is 9.45. The quantitative estimate of drug-likeness (QED) is 0.719. The first kappa shape index (κ1) is 18.2. The molecule has 0 aliphatic carbocycles. The van der Waals surface area contributed by atoms with Gasteiger partial charge in [-0.3, -0.25) is 0 Å². The van der Waals surface area contributed by atoms with Crippen molar-refractivity contribution in [2.45, 2.75) is 17.5 Å². The van der Waals surface area contributed by atoms with Gasteiger partial charge in [0.1, 0.15) is 0 Å². The Morgan fingerprint density at radius 3 is 2.43 bits per heavy atom. The Hall–Kier alpha value is -0.880. The molecule has 0 saturated carbocycles. The summed E-state index contributed by atoms with van der Waals surface area (Å²) in [7, 11) is -3.15. The molecular formula is C11H11F3INO4S. The van der Waals surface area contributed by atoms with Crippen LogP contribution in [0.1, 0.15) is 16.8 Å². The molecule has 0 aliphatic heterocycles. The maximum absolute atomic E-state index is 12.1. The number of sulfonamides is 1. The fourth-order valence-corrected chi connectivity index (χ4v) is 3.18. The van der Waals surface area contributed by atoms with Crippen molar-refractivity contribution < 1.29 is 31.5 Å². The smallest absolute Gasteiger partial charge is 0.390 e. The molecule has 0 radical (unpaired) electrons. The Morgan fingerprint density at radius 2 is 1.95 bits per heavy atom. The maximum atomic E-state index is 12.1. The topological polar surface area (TPSA) is 74.7 Å². The van der Waals surface area contributed by atoms with Crippen LogP contribution in [0.4, 0.5) is 13.2 Å². The van der Waals surface area contributed by atoms with Gasteiger partial charge in [-0.2, -0.15) is 13.2 Å². The van der Waals surface area contributed by atoms with Gasteiger partial charge in [0.2, 0.25) is 10.0 Å². The predicted octanol–water partition coefficient (Wildman–Crippen LogP) is 2.56. The first-order valence-electron chi connectivity index (χ1n) is 5.51. The number of aromatic carboxylic acids is 1. The summed E-state index contributed by atoms with van der Waals surface area (Å²) in [5, 5.41) is 8.94. The monoisotopic (exact) mass is 437 g/mol. The average Bonchev–Trinajstić information content (AvgIpc) is 2.34. The number of halogens is 4. The Morgan fingerprint density at radius 1 is 1.38 bits per heavy atom. The minimum atomic E-state index is -4.47. The van der Waals surface area contributed by atoms with Gasteiger partial charge >= 0.3 is 12.1 Å². The molecule has 1 N–H and O–H groups in total. The van der Waals surface area contributed by atoms with Crippen molar-refractivity contribution in [3.63, 3.8) is 0 Å². The van der Waals surface area contributed by atoms with Crippen molar-refractivity contribution in [2.75, 3.05) is 13.6 Å². The zero-order chi connectivity index (χ0) is 16.4. The highest BCUT2D eigenvalue weighted by Crippen LogP contribution is 2.23. The van der Waals surface area contributed by atoms with Crippen LogP contribution in [0.25, 0.3) is 0 Å². The molecule has 10 heteroatoms. The van der Waals surface area contributed by atoms with Gasteiger partial charge < -0.3 is 5.11 Å². The first-order valence-corrected chi connectivity index (χ1v) is 8.03. The maximum Gasteiger partial charge on any atom is 0.390 e. The summed E-state index contributed by atoms with van der Waals surface area (Å²) in [5.74, 6) is -1.31. The summed E-state index contributed by atoms with van der Waals surface area (Å²) in [6.07, 6.45) is -5.75. The fourth-order valence-electron chi connectivity index (χ4n) is 1.41. The number of benzene rings is 1. The van der Waals surface area contributed by atoms with E-state index >= 15 is 0 Å². The second-order valence-corrected chi connectivity index (χ2v) is 7.35. The van der Waals surface area contributed by atoms with Gasteiger partial charge in [-0.05, 0) is 40.8 Å². The van der Waals surface area contributed by atoms with Crippen molar-refractivity contribution in [3.8, 4) is 0 Å². The molecular weight excluding hydrogens is 426 g/mol. The van der Waals surface area contributed by atoms with Crippen molar-refractivity contribution in [1.29, 1.82) is 0 Å². The van der Waals surface area contributed by atoms with Gasteiger partial charge in [-0.15, -0.1) is 0 Å². The number of carboxylic acids is 1. The van der Waals surface area contributed by atoms with Crippen LogP contribution in [-0.2, 0) is 10.0 Å². The zero-order valence-corrected chi connectivity index (χ0v) is 13.7. The molecule has 0 amide bonds. The average molecular weight is 437 g/mol. The lowest BCUT2D eigenvalue weighted by molar-refractivity contribution is -0.135. The molecule has 0 saturated heterocycles. The van der Waals surface area contributed by atoms with E-state index in [0.29, 0.717) is 7.88 Å². The number of nitrogens with zero attached hydrogens (tertiary/aromatic N) is 1. The molecule has 0 bridgehead atoms. The molecule has 0 aliphatic rings. The molecule has 0 unspecified atom stereocenters. The van der Waals surface area contributed by atoms with E-state index in [1.54, 1.807) is 22.6 Å². The zero-order valence-electron chi connectivity index (χ0n) is 10.7. The lowest BCUT2D eigenvalue weighted by atomic mass is 10.2. The van der Waals surface area contributed by atoms with Crippen LogP contribution in [-0.4, -0.2) is 43.6 Å². The van der Waals surface area contributed by atoms with E-state index in [-0.39, 0.29) is 10.5 Å². The summed E-state index contributed by atoms with van der Waals surface area (Å²) < 4.78 is 61.5. The van der Waals surface area contributed by atoms with Gasteiger partial charge in [0.15, 0.2) is 0 Å². The van der Waals surface area contributed by atoms with E-state index in [1.807, 2.05) is 0 Å². The fraction of sp³-hybridized carbons (Fsp3) is 0.364. The number of carboxylic acid groups (broad SMARTS) is 1. The molecule has 1 aromatic rings. The lowest BCUT2D eigenvalue weighted by Gasteiger charge is -2.18. The second kappa shape index (κ2) is 6.48. The van der Waals surface area contributed by atoms with Crippen LogP contribution >= 0.6 is 22.6 Å². The molecule has 0 heterocycles. The summed E-state index contributed by atoms with van der Waals surface area (Å²) >= 11 is 1.73. The van der Waals surface area contributed by atoms with Gasteiger partial charge in [-0.1, -0.05) is 0 Å². The van der Waals surface area contributed by atoms with Crippen LogP contribution < -0.4 is 0 Å². The number of rotatable bonds is 5. The Labute approximate surface area is 132 Å². The largest absolute Gasteiger partial charge is 0.478 e. The lowest BCUT2D eigenvalue weighted by Crippen LogP contribution is -2.30. The highest BCUT2D eigenvalue weighted by atomic mass is 127. The van der Waals surface area contributed by atoms with Crippen molar-refractivity contribution in [3.05, 3.63) is 27.3 Å². The molecule has 0 atom stereocenters. The summed E-state index contributed by atoms with van der Waals surface area (Å²) in [5.41, 5.74) is -0.221.